The van der Waals surface area contributed by atoms with E-state index in [2.05, 4.69) is 15.5 Å². The molecule has 1 N–H and O–H groups in total. The first-order valence-electron chi connectivity index (χ1n) is 8.88. The van der Waals surface area contributed by atoms with Gasteiger partial charge in [-0.2, -0.15) is 10.2 Å². The maximum atomic E-state index is 12.6. The highest BCUT2D eigenvalue weighted by Gasteiger charge is 2.14. The first-order chi connectivity index (χ1) is 14.5. The Morgan fingerprint density at radius 3 is 2.67 bits per heavy atom. The summed E-state index contributed by atoms with van der Waals surface area (Å²) in [5.41, 5.74) is 1.73. The second kappa shape index (κ2) is 8.18. The average Bonchev–Trinajstić information content (AvgIpc) is 3.38. The number of benzene rings is 2. The van der Waals surface area contributed by atoms with E-state index in [1.54, 1.807) is 47.4 Å². The van der Waals surface area contributed by atoms with E-state index in [4.69, 9.17) is 11.6 Å². The van der Waals surface area contributed by atoms with E-state index < -0.39 is 10.8 Å². The van der Waals surface area contributed by atoms with Crippen molar-refractivity contribution in [3.8, 4) is 5.69 Å². The molecule has 0 spiro atoms. The van der Waals surface area contributed by atoms with Gasteiger partial charge >= 0.3 is 0 Å². The van der Waals surface area contributed by atoms with E-state index in [0.29, 0.717) is 23.1 Å². The largest absolute Gasteiger partial charge is 0.305 e. The molecule has 0 saturated heterocycles. The number of carbonyl (C=O) groups excluding carboxylic acids is 1. The van der Waals surface area contributed by atoms with Crippen molar-refractivity contribution in [2.45, 2.75) is 6.54 Å². The molecule has 0 unspecified atom stereocenters. The SMILES string of the molecule is O=C(Nc1ccnn1Cc1cccc(Cl)c1)c1ccn(-c2ccc([N+](=O)[O-])cc2)n1. The number of carbonyl (C=O) groups is 1. The molecule has 10 heteroatoms. The first-order valence-corrected chi connectivity index (χ1v) is 9.25. The summed E-state index contributed by atoms with van der Waals surface area (Å²) in [4.78, 5) is 22.9. The van der Waals surface area contributed by atoms with Crippen LogP contribution in [0.15, 0.2) is 73.1 Å². The number of amides is 1. The Bertz CT molecular complexity index is 1220. The molecule has 4 rings (SSSR count). The molecule has 1 amide bonds. The summed E-state index contributed by atoms with van der Waals surface area (Å²) >= 11 is 6.02. The van der Waals surface area contributed by atoms with Gasteiger partial charge in [-0.15, -0.1) is 0 Å². The van der Waals surface area contributed by atoms with E-state index >= 15 is 0 Å². The van der Waals surface area contributed by atoms with Crippen LogP contribution in [-0.4, -0.2) is 30.4 Å². The number of nitro benzene ring substituents is 1. The van der Waals surface area contributed by atoms with Gasteiger partial charge in [-0.1, -0.05) is 23.7 Å². The number of hydrogen-bond acceptors (Lipinski definition) is 5. The number of hydrogen-bond donors (Lipinski definition) is 1. The fourth-order valence-corrected chi connectivity index (χ4v) is 3.08. The van der Waals surface area contributed by atoms with Gasteiger partial charge < -0.3 is 5.32 Å². The topological polar surface area (TPSA) is 108 Å². The van der Waals surface area contributed by atoms with Gasteiger partial charge in [0.05, 0.1) is 23.4 Å². The lowest BCUT2D eigenvalue weighted by atomic mass is 10.2. The molecule has 4 aromatic rings. The van der Waals surface area contributed by atoms with Crippen LogP contribution in [0.5, 0.6) is 0 Å². The normalized spacial score (nSPS) is 10.7. The predicted molar refractivity (Wildman–Crippen MR) is 111 cm³/mol. The molecule has 30 heavy (non-hydrogen) atoms. The monoisotopic (exact) mass is 422 g/mol. The minimum absolute atomic E-state index is 0.0168. The standard InChI is InChI=1S/C20H15ClN6O3/c21-15-3-1-2-14(12-15)13-26-19(8-10-22-26)23-20(28)18-9-11-25(24-18)16-4-6-17(7-5-16)27(29)30/h1-12H,13H2,(H,23,28). The summed E-state index contributed by atoms with van der Waals surface area (Å²) in [6, 6.07) is 16.5. The Hall–Kier alpha value is -3.98. The number of anilines is 1. The molecular formula is C20H15ClN6O3. The summed E-state index contributed by atoms with van der Waals surface area (Å²) in [6.45, 7) is 0.445. The fraction of sp³-hybridized carbons (Fsp3) is 0.0500. The van der Waals surface area contributed by atoms with Crippen molar-refractivity contribution in [3.63, 3.8) is 0 Å². The summed E-state index contributed by atoms with van der Waals surface area (Å²) in [5, 5.41) is 22.7. The average molecular weight is 423 g/mol. The van der Waals surface area contributed by atoms with Gasteiger partial charge in [-0.25, -0.2) is 9.36 Å². The van der Waals surface area contributed by atoms with E-state index in [0.717, 1.165) is 5.56 Å². The number of rotatable bonds is 6. The van der Waals surface area contributed by atoms with Crippen molar-refractivity contribution in [2.24, 2.45) is 0 Å². The van der Waals surface area contributed by atoms with E-state index in [1.165, 1.54) is 16.8 Å². The Balaban J connectivity index is 1.48. The molecule has 0 aliphatic heterocycles. The number of nitrogens with zero attached hydrogens (tertiary/aromatic N) is 5. The molecule has 9 nitrogen and oxygen atoms in total. The second-order valence-electron chi connectivity index (χ2n) is 6.38. The minimum Gasteiger partial charge on any atom is -0.305 e. The highest BCUT2D eigenvalue weighted by molar-refractivity contribution is 6.30. The first kappa shape index (κ1) is 19.3. The summed E-state index contributed by atoms with van der Waals surface area (Å²) < 4.78 is 3.12. The third-order valence-electron chi connectivity index (χ3n) is 4.33. The van der Waals surface area contributed by atoms with Crippen LogP contribution in [0.1, 0.15) is 16.1 Å². The van der Waals surface area contributed by atoms with Crippen molar-refractivity contribution in [1.29, 1.82) is 0 Å². The second-order valence-corrected chi connectivity index (χ2v) is 6.81. The molecule has 150 valence electrons. The Morgan fingerprint density at radius 1 is 1.13 bits per heavy atom. The van der Waals surface area contributed by atoms with Crippen molar-refractivity contribution >= 4 is 29.0 Å². The minimum atomic E-state index is -0.474. The summed E-state index contributed by atoms with van der Waals surface area (Å²) in [7, 11) is 0. The molecule has 0 radical (unpaired) electrons. The fourth-order valence-electron chi connectivity index (χ4n) is 2.87. The van der Waals surface area contributed by atoms with Crippen LogP contribution in [-0.2, 0) is 6.54 Å². The maximum absolute atomic E-state index is 12.6. The van der Waals surface area contributed by atoms with Crippen LogP contribution in [0.3, 0.4) is 0 Å². The molecule has 0 bridgehead atoms. The van der Waals surface area contributed by atoms with E-state index in [1.807, 2.05) is 18.2 Å². The van der Waals surface area contributed by atoms with E-state index in [9.17, 15) is 14.9 Å². The number of halogens is 1. The lowest BCUT2D eigenvalue weighted by Gasteiger charge is -2.08. The molecule has 2 heterocycles. The maximum Gasteiger partial charge on any atom is 0.277 e. The Kier molecular flexibility index (Phi) is 5.27. The Labute approximate surface area is 175 Å². The van der Waals surface area contributed by atoms with Crippen LogP contribution in [0.4, 0.5) is 11.5 Å². The van der Waals surface area contributed by atoms with Crippen LogP contribution in [0, 0.1) is 10.1 Å². The number of nitrogens with one attached hydrogen (secondary N) is 1. The molecule has 0 saturated carbocycles. The molecule has 2 aromatic carbocycles. The van der Waals surface area contributed by atoms with Gasteiger partial charge in [0, 0.05) is 29.4 Å². The van der Waals surface area contributed by atoms with Gasteiger partial charge in [0.2, 0.25) is 0 Å². The third-order valence-corrected chi connectivity index (χ3v) is 4.56. The number of non-ortho nitro benzene ring substituents is 1. The Morgan fingerprint density at radius 2 is 1.93 bits per heavy atom. The van der Waals surface area contributed by atoms with Crippen LogP contribution < -0.4 is 5.32 Å². The number of aromatic nitrogens is 4. The molecule has 0 aliphatic carbocycles. The van der Waals surface area contributed by atoms with Gasteiger partial charge in [0.1, 0.15) is 5.82 Å². The zero-order chi connectivity index (χ0) is 21.1. The van der Waals surface area contributed by atoms with Crippen LogP contribution >= 0.6 is 11.6 Å². The molecule has 0 aliphatic rings. The summed E-state index contributed by atoms with van der Waals surface area (Å²) in [6.07, 6.45) is 3.20. The quantitative estimate of drug-likeness (QED) is 0.374. The molecule has 0 atom stereocenters. The molecular weight excluding hydrogens is 408 g/mol. The van der Waals surface area contributed by atoms with Crippen LogP contribution in [0.2, 0.25) is 5.02 Å². The lowest BCUT2D eigenvalue weighted by molar-refractivity contribution is -0.384. The zero-order valence-electron chi connectivity index (χ0n) is 15.5. The highest BCUT2D eigenvalue weighted by Crippen LogP contribution is 2.17. The van der Waals surface area contributed by atoms with Crippen molar-refractivity contribution in [2.75, 3.05) is 5.32 Å². The van der Waals surface area contributed by atoms with Gasteiger partial charge in [-0.05, 0) is 35.9 Å². The third kappa shape index (κ3) is 4.20. The van der Waals surface area contributed by atoms with Crippen molar-refractivity contribution in [3.05, 3.63) is 99.5 Å². The van der Waals surface area contributed by atoms with Gasteiger partial charge in [-0.3, -0.25) is 14.9 Å². The van der Waals surface area contributed by atoms with Gasteiger partial charge in [0.25, 0.3) is 11.6 Å². The number of nitro groups is 1. The predicted octanol–water partition coefficient (Wildman–Crippen LogP) is 3.93. The lowest BCUT2D eigenvalue weighted by Crippen LogP contribution is -2.17. The molecule has 0 fully saturated rings. The van der Waals surface area contributed by atoms with Crippen molar-refractivity contribution in [1.82, 2.24) is 19.6 Å². The zero-order valence-corrected chi connectivity index (χ0v) is 16.2. The summed E-state index contributed by atoms with van der Waals surface area (Å²) in [5.74, 6) is 0.119. The smallest absolute Gasteiger partial charge is 0.277 e. The van der Waals surface area contributed by atoms with E-state index in [-0.39, 0.29) is 11.4 Å². The van der Waals surface area contributed by atoms with Gasteiger partial charge in [0.15, 0.2) is 5.69 Å². The molecule has 2 aromatic heterocycles. The highest BCUT2D eigenvalue weighted by atomic mass is 35.5. The van der Waals surface area contributed by atoms with Crippen LogP contribution in [0.25, 0.3) is 5.69 Å². The van der Waals surface area contributed by atoms with Crippen molar-refractivity contribution < 1.29 is 9.72 Å².